The third-order valence-corrected chi connectivity index (χ3v) is 7.41. The number of nitriles is 1. The largest absolute Gasteiger partial charge is 0.349 e. The summed E-state index contributed by atoms with van der Waals surface area (Å²) in [7, 11) is 0. The molecule has 0 bridgehead atoms. The number of thiazole rings is 1. The highest BCUT2D eigenvalue weighted by atomic mass is 32.1. The SMILES string of the molecule is C[C@H]1[C@@H](C(=O)NCc2nc(-c3ccc(C#N)cc3)cs2)CCCN1C(=O)c1nncn1C1CC1. The number of aromatic nitrogens is 4. The van der Waals surface area contributed by atoms with Crippen LogP contribution in [0.3, 0.4) is 0 Å². The van der Waals surface area contributed by atoms with Crippen LogP contribution in [0.15, 0.2) is 36.0 Å². The van der Waals surface area contributed by atoms with Crippen molar-refractivity contribution >= 4 is 23.2 Å². The second-order valence-electron chi connectivity index (χ2n) is 8.81. The van der Waals surface area contributed by atoms with Crippen molar-refractivity contribution in [3.05, 3.63) is 52.4 Å². The van der Waals surface area contributed by atoms with Crippen LogP contribution in [0.1, 0.15) is 59.8 Å². The fraction of sp³-hybridized carbons (Fsp3) is 0.417. The zero-order valence-electron chi connectivity index (χ0n) is 18.8. The van der Waals surface area contributed by atoms with Crippen molar-refractivity contribution in [2.45, 2.75) is 51.2 Å². The van der Waals surface area contributed by atoms with Gasteiger partial charge in [0.2, 0.25) is 11.7 Å². The Morgan fingerprint density at radius 3 is 2.76 bits per heavy atom. The number of nitrogens with zero attached hydrogens (tertiary/aromatic N) is 6. The first kappa shape index (κ1) is 22.2. The average molecular weight is 476 g/mol. The first-order chi connectivity index (χ1) is 16.5. The maximum atomic E-state index is 13.2. The summed E-state index contributed by atoms with van der Waals surface area (Å²) in [5.74, 6) is -0.133. The summed E-state index contributed by atoms with van der Waals surface area (Å²) in [6.45, 7) is 2.89. The van der Waals surface area contributed by atoms with Crippen molar-refractivity contribution in [3.63, 3.8) is 0 Å². The molecular weight excluding hydrogens is 450 g/mol. The Balaban J connectivity index is 1.21. The minimum Gasteiger partial charge on any atom is -0.349 e. The second kappa shape index (κ2) is 9.35. The van der Waals surface area contributed by atoms with Gasteiger partial charge >= 0.3 is 0 Å². The topological polar surface area (TPSA) is 117 Å². The normalized spacial score (nSPS) is 20.1. The van der Waals surface area contributed by atoms with Crippen LogP contribution in [0.4, 0.5) is 0 Å². The van der Waals surface area contributed by atoms with Crippen molar-refractivity contribution in [2.24, 2.45) is 5.92 Å². The minimum atomic E-state index is -0.284. The summed E-state index contributed by atoms with van der Waals surface area (Å²) < 4.78 is 1.87. The average Bonchev–Trinajstić information content (AvgIpc) is 3.39. The van der Waals surface area contributed by atoms with E-state index in [1.54, 1.807) is 23.4 Å². The fourth-order valence-corrected chi connectivity index (χ4v) is 5.20. The van der Waals surface area contributed by atoms with E-state index in [1.165, 1.54) is 11.3 Å². The smallest absolute Gasteiger partial charge is 0.292 e. The van der Waals surface area contributed by atoms with Crippen LogP contribution in [0.2, 0.25) is 0 Å². The first-order valence-corrected chi connectivity index (χ1v) is 12.4. The summed E-state index contributed by atoms with van der Waals surface area (Å²) in [5, 5.41) is 22.7. The number of carbonyl (C=O) groups is 2. The van der Waals surface area contributed by atoms with Crippen molar-refractivity contribution in [1.29, 1.82) is 5.26 Å². The number of amides is 2. The molecule has 174 valence electrons. The summed E-state index contributed by atoms with van der Waals surface area (Å²) in [4.78, 5) is 32.6. The highest BCUT2D eigenvalue weighted by molar-refractivity contribution is 7.09. The summed E-state index contributed by atoms with van der Waals surface area (Å²) in [6, 6.07) is 9.47. The molecule has 1 saturated heterocycles. The molecule has 0 radical (unpaired) electrons. The monoisotopic (exact) mass is 475 g/mol. The Kier molecular flexibility index (Phi) is 6.11. The van der Waals surface area contributed by atoms with Crippen LogP contribution in [0, 0.1) is 17.2 Å². The third-order valence-electron chi connectivity index (χ3n) is 6.57. The molecule has 0 unspecified atom stereocenters. The molecular formula is C24H25N7O2S. The number of hydrogen-bond donors (Lipinski definition) is 1. The lowest BCUT2D eigenvalue weighted by Crippen LogP contribution is -2.51. The van der Waals surface area contributed by atoms with E-state index in [2.05, 4.69) is 26.6 Å². The van der Waals surface area contributed by atoms with Gasteiger partial charge in [-0.1, -0.05) is 12.1 Å². The number of piperidine rings is 1. The molecule has 34 heavy (non-hydrogen) atoms. The second-order valence-corrected chi connectivity index (χ2v) is 9.76. The molecule has 2 aliphatic rings. The van der Waals surface area contributed by atoms with Gasteiger partial charge in [-0.05, 0) is 44.7 Å². The van der Waals surface area contributed by atoms with E-state index in [0.29, 0.717) is 30.5 Å². The van der Waals surface area contributed by atoms with Gasteiger partial charge in [0.25, 0.3) is 5.91 Å². The highest BCUT2D eigenvalue weighted by Gasteiger charge is 2.38. The highest BCUT2D eigenvalue weighted by Crippen LogP contribution is 2.36. The maximum Gasteiger partial charge on any atom is 0.292 e. The van der Waals surface area contributed by atoms with Gasteiger partial charge in [0, 0.05) is 29.6 Å². The molecule has 3 aromatic rings. The quantitative estimate of drug-likeness (QED) is 0.585. The summed E-state index contributed by atoms with van der Waals surface area (Å²) in [5.41, 5.74) is 2.36. The van der Waals surface area contributed by atoms with Crippen molar-refractivity contribution < 1.29 is 9.59 Å². The van der Waals surface area contributed by atoms with Crippen molar-refractivity contribution in [2.75, 3.05) is 6.54 Å². The molecule has 1 aromatic carbocycles. The number of rotatable bonds is 6. The van der Waals surface area contributed by atoms with Crippen LogP contribution in [-0.2, 0) is 11.3 Å². The third kappa shape index (κ3) is 4.43. The lowest BCUT2D eigenvalue weighted by Gasteiger charge is -2.38. The number of benzene rings is 1. The summed E-state index contributed by atoms with van der Waals surface area (Å²) in [6.07, 6.45) is 5.22. The first-order valence-electron chi connectivity index (χ1n) is 11.5. The Bertz CT molecular complexity index is 1240. The number of hydrogen-bond acceptors (Lipinski definition) is 7. The molecule has 5 rings (SSSR count). The summed E-state index contributed by atoms with van der Waals surface area (Å²) >= 11 is 1.48. The van der Waals surface area contributed by atoms with Crippen LogP contribution in [0.5, 0.6) is 0 Å². The van der Waals surface area contributed by atoms with E-state index >= 15 is 0 Å². The Morgan fingerprint density at radius 1 is 1.24 bits per heavy atom. The van der Waals surface area contributed by atoms with E-state index in [-0.39, 0.29) is 23.8 Å². The molecule has 2 fully saturated rings. The predicted molar refractivity (Wildman–Crippen MR) is 126 cm³/mol. The Morgan fingerprint density at radius 2 is 2.03 bits per heavy atom. The van der Waals surface area contributed by atoms with Gasteiger partial charge in [-0.2, -0.15) is 5.26 Å². The molecule has 0 spiro atoms. The molecule has 1 aliphatic carbocycles. The maximum absolute atomic E-state index is 13.2. The van der Waals surface area contributed by atoms with Gasteiger partial charge in [0.1, 0.15) is 11.3 Å². The number of likely N-dealkylation sites (tertiary alicyclic amines) is 1. The van der Waals surface area contributed by atoms with E-state index < -0.39 is 0 Å². The van der Waals surface area contributed by atoms with Gasteiger partial charge in [0.15, 0.2) is 0 Å². The zero-order chi connectivity index (χ0) is 23.7. The van der Waals surface area contributed by atoms with Crippen LogP contribution < -0.4 is 5.32 Å². The lowest BCUT2D eigenvalue weighted by atomic mass is 9.89. The van der Waals surface area contributed by atoms with E-state index in [4.69, 9.17) is 5.26 Å². The van der Waals surface area contributed by atoms with Crippen LogP contribution in [-0.4, -0.2) is 49.0 Å². The van der Waals surface area contributed by atoms with Gasteiger partial charge in [0.05, 0.1) is 29.8 Å². The Hall–Kier alpha value is -3.58. The van der Waals surface area contributed by atoms with Crippen molar-refractivity contribution in [1.82, 2.24) is 30.0 Å². The van der Waals surface area contributed by atoms with E-state index in [1.807, 2.05) is 29.0 Å². The van der Waals surface area contributed by atoms with Crippen LogP contribution in [0.25, 0.3) is 11.3 Å². The predicted octanol–water partition coefficient (Wildman–Crippen LogP) is 3.17. The molecule has 1 aliphatic heterocycles. The standard InChI is InChI=1S/C24H25N7O2S/c1-15-19(3-2-10-30(15)24(33)22-29-27-14-31(22)18-8-9-18)23(32)26-12-21-28-20(13-34-21)17-6-4-16(11-25)5-7-17/h4-7,13-15,18-19H,2-3,8-10,12H2,1H3,(H,26,32)/t15-,19-/m0/s1. The molecule has 2 aromatic heterocycles. The molecule has 1 N–H and O–H groups in total. The molecule has 2 amide bonds. The molecule has 10 heteroatoms. The lowest BCUT2D eigenvalue weighted by molar-refractivity contribution is -0.128. The number of nitrogens with one attached hydrogen (secondary N) is 1. The Labute approximate surface area is 201 Å². The fourth-order valence-electron chi connectivity index (χ4n) is 4.46. The zero-order valence-corrected chi connectivity index (χ0v) is 19.7. The molecule has 3 heterocycles. The molecule has 9 nitrogen and oxygen atoms in total. The van der Waals surface area contributed by atoms with Gasteiger partial charge in [-0.3, -0.25) is 9.59 Å². The van der Waals surface area contributed by atoms with Crippen LogP contribution >= 0.6 is 11.3 Å². The van der Waals surface area contributed by atoms with E-state index in [9.17, 15) is 9.59 Å². The van der Waals surface area contributed by atoms with Gasteiger partial charge in [-0.15, -0.1) is 21.5 Å². The molecule has 2 atom stereocenters. The van der Waals surface area contributed by atoms with Gasteiger partial charge in [-0.25, -0.2) is 4.98 Å². The molecule has 1 saturated carbocycles. The van der Waals surface area contributed by atoms with E-state index in [0.717, 1.165) is 41.9 Å². The minimum absolute atomic E-state index is 0.0659. The van der Waals surface area contributed by atoms with Crippen molar-refractivity contribution in [3.8, 4) is 17.3 Å². The van der Waals surface area contributed by atoms with Gasteiger partial charge < -0.3 is 14.8 Å². The number of carbonyl (C=O) groups excluding carboxylic acids is 2.